The average molecular weight is 302 g/mol. The van der Waals surface area contributed by atoms with E-state index in [0.717, 1.165) is 5.56 Å². The van der Waals surface area contributed by atoms with Crippen LogP contribution in [0.1, 0.15) is 28.7 Å². The fourth-order valence-corrected chi connectivity index (χ4v) is 1.85. The zero-order chi connectivity index (χ0) is 15.9. The fraction of sp³-hybridized carbons (Fsp3) is 0.312. The first-order valence-corrected chi connectivity index (χ1v) is 7.02. The molecule has 1 heterocycles. The van der Waals surface area contributed by atoms with E-state index in [2.05, 4.69) is 10.5 Å². The van der Waals surface area contributed by atoms with Gasteiger partial charge < -0.3 is 14.6 Å². The number of rotatable bonds is 6. The minimum Gasteiger partial charge on any atom is -0.447 e. The number of hydrogen-bond donors (Lipinski definition) is 1. The summed E-state index contributed by atoms with van der Waals surface area (Å²) in [6, 6.07) is 11.3. The number of aryl methyl sites for hydroxylation is 1. The second-order valence-electron chi connectivity index (χ2n) is 4.91. The zero-order valence-electron chi connectivity index (χ0n) is 12.5. The minimum absolute atomic E-state index is 0.0126. The summed E-state index contributed by atoms with van der Waals surface area (Å²) in [6.07, 6.45) is -0.178. The summed E-state index contributed by atoms with van der Waals surface area (Å²) in [7, 11) is 0. The van der Waals surface area contributed by atoms with Crippen LogP contribution < -0.4 is 5.32 Å². The smallest absolute Gasteiger partial charge is 0.377 e. The number of ether oxygens (including phenoxy) is 1. The summed E-state index contributed by atoms with van der Waals surface area (Å²) in [6.45, 7) is 3.69. The van der Waals surface area contributed by atoms with Crippen molar-refractivity contribution in [3.63, 3.8) is 0 Å². The minimum atomic E-state index is -0.895. The molecule has 0 unspecified atom stereocenters. The maximum Gasteiger partial charge on any atom is 0.377 e. The lowest BCUT2D eigenvalue weighted by molar-refractivity contribution is -0.129. The molecule has 0 saturated heterocycles. The van der Waals surface area contributed by atoms with Gasteiger partial charge in [-0.3, -0.25) is 4.79 Å². The number of carbonyl (C=O) groups is 2. The van der Waals surface area contributed by atoms with E-state index in [-0.39, 0.29) is 11.7 Å². The van der Waals surface area contributed by atoms with Crippen LogP contribution in [0.3, 0.4) is 0 Å². The first kappa shape index (κ1) is 15.8. The SMILES string of the molecule is Cc1cc(C(=O)O[C@H](C)C(=O)NCCc2ccccc2)on1. The van der Waals surface area contributed by atoms with Crippen LogP contribution in [0.15, 0.2) is 40.9 Å². The summed E-state index contributed by atoms with van der Waals surface area (Å²) in [5.74, 6) is -1.06. The molecule has 2 rings (SSSR count). The third-order valence-corrected chi connectivity index (χ3v) is 3.04. The van der Waals surface area contributed by atoms with Gasteiger partial charge in [0.15, 0.2) is 6.10 Å². The number of carbonyl (C=O) groups excluding carboxylic acids is 2. The molecule has 0 saturated carbocycles. The normalized spacial score (nSPS) is 11.7. The molecule has 0 fully saturated rings. The molecular weight excluding hydrogens is 284 g/mol. The lowest BCUT2D eigenvalue weighted by atomic mass is 10.1. The van der Waals surface area contributed by atoms with Crippen LogP contribution in [-0.2, 0) is 16.0 Å². The first-order chi connectivity index (χ1) is 10.6. The summed E-state index contributed by atoms with van der Waals surface area (Å²) in [5, 5.41) is 6.33. The van der Waals surface area contributed by atoms with Crippen LogP contribution in [0.25, 0.3) is 0 Å². The Labute approximate surface area is 128 Å². The van der Waals surface area contributed by atoms with Gasteiger partial charge in [0, 0.05) is 12.6 Å². The van der Waals surface area contributed by atoms with E-state index < -0.39 is 12.1 Å². The zero-order valence-corrected chi connectivity index (χ0v) is 12.5. The topological polar surface area (TPSA) is 81.4 Å². The Hall–Kier alpha value is -2.63. The van der Waals surface area contributed by atoms with E-state index in [0.29, 0.717) is 18.7 Å². The van der Waals surface area contributed by atoms with Crippen molar-refractivity contribution in [2.45, 2.75) is 26.4 Å². The van der Waals surface area contributed by atoms with Crippen molar-refractivity contribution in [1.82, 2.24) is 10.5 Å². The summed E-state index contributed by atoms with van der Waals surface area (Å²) >= 11 is 0. The Kier molecular flexibility index (Phi) is 5.30. The largest absolute Gasteiger partial charge is 0.447 e. The molecule has 0 radical (unpaired) electrons. The number of benzene rings is 1. The summed E-state index contributed by atoms with van der Waals surface area (Å²) in [4.78, 5) is 23.6. The second kappa shape index (κ2) is 7.40. The molecule has 22 heavy (non-hydrogen) atoms. The van der Waals surface area contributed by atoms with Crippen molar-refractivity contribution < 1.29 is 18.8 Å². The van der Waals surface area contributed by atoms with Gasteiger partial charge in [0.05, 0.1) is 5.69 Å². The fourth-order valence-electron chi connectivity index (χ4n) is 1.85. The maximum absolute atomic E-state index is 11.9. The van der Waals surface area contributed by atoms with Gasteiger partial charge in [0.1, 0.15) is 0 Å². The summed E-state index contributed by atoms with van der Waals surface area (Å²) < 4.78 is 9.82. The average Bonchev–Trinajstić information content (AvgIpc) is 2.95. The predicted octanol–water partition coefficient (Wildman–Crippen LogP) is 1.89. The van der Waals surface area contributed by atoms with E-state index in [4.69, 9.17) is 9.26 Å². The number of aromatic nitrogens is 1. The van der Waals surface area contributed by atoms with Crippen molar-refractivity contribution in [3.05, 3.63) is 53.4 Å². The molecule has 2 aromatic rings. The Morgan fingerprint density at radius 2 is 2.05 bits per heavy atom. The number of esters is 1. The molecule has 1 aromatic carbocycles. The number of nitrogens with zero attached hydrogens (tertiary/aromatic N) is 1. The molecule has 0 aliphatic heterocycles. The Bertz CT molecular complexity index is 637. The highest BCUT2D eigenvalue weighted by molar-refractivity contribution is 5.89. The molecule has 0 aliphatic rings. The van der Waals surface area contributed by atoms with Crippen LogP contribution in [0, 0.1) is 6.92 Å². The highest BCUT2D eigenvalue weighted by atomic mass is 16.6. The highest BCUT2D eigenvalue weighted by Crippen LogP contribution is 2.06. The van der Waals surface area contributed by atoms with Gasteiger partial charge in [0.2, 0.25) is 5.76 Å². The molecule has 1 N–H and O–H groups in total. The summed E-state index contributed by atoms with van der Waals surface area (Å²) in [5.41, 5.74) is 1.71. The molecule has 0 aliphatic carbocycles. The van der Waals surface area contributed by atoms with Gasteiger partial charge in [-0.15, -0.1) is 0 Å². The van der Waals surface area contributed by atoms with Crippen LogP contribution in [-0.4, -0.2) is 29.7 Å². The van der Waals surface area contributed by atoms with Gasteiger partial charge in [-0.2, -0.15) is 0 Å². The van der Waals surface area contributed by atoms with E-state index in [9.17, 15) is 9.59 Å². The monoisotopic (exact) mass is 302 g/mol. The number of hydrogen-bond acceptors (Lipinski definition) is 5. The van der Waals surface area contributed by atoms with E-state index in [1.54, 1.807) is 6.92 Å². The van der Waals surface area contributed by atoms with E-state index in [1.807, 2.05) is 30.3 Å². The molecular formula is C16H18N2O4. The molecule has 6 nitrogen and oxygen atoms in total. The number of amides is 1. The van der Waals surface area contributed by atoms with E-state index in [1.165, 1.54) is 13.0 Å². The van der Waals surface area contributed by atoms with Crippen molar-refractivity contribution in [1.29, 1.82) is 0 Å². The second-order valence-corrected chi connectivity index (χ2v) is 4.91. The molecule has 116 valence electrons. The molecule has 1 amide bonds. The molecule has 1 aromatic heterocycles. The standard InChI is InChI=1S/C16H18N2O4/c1-11-10-14(22-18-11)16(20)21-12(2)15(19)17-9-8-13-6-4-3-5-7-13/h3-7,10,12H,8-9H2,1-2H3,(H,17,19)/t12-/m1/s1. The van der Waals surface area contributed by atoms with Gasteiger partial charge in [-0.05, 0) is 25.8 Å². The van der Waals surface area contributed by atoms with Crippen molar-refractivity contribution >= 4 is 11.9 Å². The lowest BCUT2D eigenvalue weighted by Crippen LogP contribution is -2.36. The first-order valence-electron chi connectivity index (χ1n) is 7.02. The Morgan fingerprint density at radius 1 is 1.32 bits per heavy atom. The Balaban J connectivity index is 1.76. The highest BCUT2D eigenvalue weighted by Gasteiger charge is 2.21. The van der Waals surface area contributed by atoms with Crippen LogP contribution in [0.2, 0.25) is 0 Å². The van der Waals surface area contributed by atoms with Gasteiger partial charge >= 0.3 is 5.97 Å². The maximum atomic E-state index is 11.9. The third-order valence-electron chi connectivity index (χ3n) is 3.04. The molecule has 0 bridgehead atoms. The number of nitrogens with one attached hydrogen (secondary N) is 1. The van der Waals surface area contributed by atoms with Gasteiger partial charge in [-0.1, -0.05) is 35.5 Å². The quantitative estimate of drug-likeness (QED) is 0.824. The van der Waals surface area contributed by atoms with Gasteiger partial charge in [0.25, 0.3) is 5.91 Å². The third kappa shape index (κ3) is 4.44. The predicted molar refractivity (Wildman–Crippen MR) is 79.3 cm³/mol. The molecule has 6 heteroatoms. The van der Waals surface area contributed by atoms with Crippen molar-refractivity contribution in [2.24, 2.45) is 0 Å². The van der Waals surface area contributed by atoms with Gasteiger partial charge in [-0.25, -0.2) is 4.79 Å². The van der Waals surface area contributed by atoms with Crippen LogP contribution in [0.4, 0.5) is 0 Å². The molecule has 0 spiro atoms. The van der Waals surface area contributed by atoms with Crippen LogP contribution >= 0.6 is 0 Å². The van der Waals surface area contributed by atoms with Crippen molar-refractivity contribution in [3.8, 4) is 0 Å². The van der Waals surface area contributed by atoms with Crippen molar-refractivity contribution in [2.75, 3.05) is 6.54 Å². The molecule has 1 atom stereocenters. The lowest BCUT2D eigenvalue weighted by Gasteiger charge is -2.12. The Morgan fingerprint density at radius 3 is 2.68 bits per heavy atom. The van der Waals surface area contributed by atoms with Crippen LogP contribution in [0.5, 0.6) is 0 Å². The van der Waals surface area contributed by atoms with E-state index >= 15 is 0 Å².